The lowest BCUT2D eigenvalue weighted by molar-refractivity contribution is 0.0750. The summed E-state index contributed by atoms with van der Waals surface area (Å²) >= 11 is 1.38. The molecule has 1 aromatic heterocycles. The van der Waals surface area contributed by atoms with Crippen molar-refractivity contribution in [3.63, 3.8) is 0 Å². The van der Waals surface area contributed by atoms with Crippen LogP contribution in [0.4, 0.5) is 5.69 Å². The SMILES string of the molecule is CCN(Cc1cccc2c1OCCO2)C(=O)c1ccccc1N(C)C(=O)c1cccs1. The number of thiophene rings is 1. The zero-order chi connectivity index (χ0) is 21.8. The quantitative estimate of drug-likeness (QED) is 0.573. The van der Waals surface area contributed by atoms with E-state index >= 15 is 0 Å². The molecule has 2 heterocycles. The number of benzene rings is 2. The summed E-state index contributed by atoms with van der Waals surface area (Å²) in [6.45, 7) is 3.85. The Labute approximate surface area is 185 Å². The summed E-state index contributed by atoms with van der Waals surface area (Å²) in [7, 11) is 1.70. The van der Waals surface area contributed by atoms with Crippen LogP contribution in [0.1, 0.15) is 32.5 Å². The van der Waals surface area contributed by atoms with Crippen LogP contribution in [0.3, 0.4) is 0 Å². The second-order valence-corrected chi connectivity index (χ2v) is 8.07. The minimum atomic E-state index is -0.140. The van der Waals surface area contributed by atoms with Gasteiger partial charge in [0.1, 0.15) is 13.2 Å². The van der Waals surface area contributed by atoms with Gasteiger partial charge in [-0.3, -0.25) is 9.59 Å². The first-order valence-electron chi connectivity index (χ1n) is 10.2. The summed E-state index contributed by atoms with van der Waals surface area (Å²) in [5.41, 5.74) is 1.96. The summed E-state index contributed by atoms with van der Waals surface area (Å²) in [5, 5.41) is 1.86. The highest BCUT2D eigenvalue weighted by atomic mass is 32.1. The molecule has 6 nitrogen and oxygen atoms in total. The first-order valence-corrected chi connectivity index (χ1v) is 11.1. The largest absolute Gasteiger partial charge is 0.486 e. The highest BCUT2D eigenvalue weighted by molar-refractivity contribution is 7.12. The van der Waals surface area contributed by atoms with E-state index in [4.69, 9.17) is 9.47 Å². The number of anilines is 1. The smallest absolute Gasteiger partial charge is 0.268 e. The fourth-order valence-electron chi connectivity index (χ4n) is 3.58. The number of hydrogen-bond acceptors (Lipinski definition) is 5. The Kier molecular flexibility index (Phi) is 6.23. The van der Waals surface area contributed by atoms with E-state index in [1.807, 2.05) is 48.7 Å². The van der Waals surface area contributed by atoms with Gasteiger partial charge in [0.05, 0.1) is 16.1 Å². The molecule has 0 saturated carbocycles. The molecule has 0 N–H and O–H groups in total. The van der Waals surface area contributed by atoms with E-state index in [0.717, 1.165) is 5.56 Å². The van der Waals surface area contributed by atoms with Crippen LogP contribution in [0, 0.1) is 0 Å². The summed E-state index contributed by atoms with van der Waals surface area (Å²) in [6, 6.07) is 16.6. The van der Waals surface area contributed by atoms with E-state index in [-0.39, 0.29) is 11.8 Å². The van der Waals surface area contributed by atoms with Gasteiger partial charge in [-0.2, -0.15) is 0 Å². The average molecular weight is 437 g/mol. The molecular weight excluding hydrogens is 412 g/mol. The highest BCUT2D eigenvalue weighted by Crippen LogP contribution is 2.34. The normalized spacial score (nSPS) is 12.3. The van der Waals surface area contributed by atoms with Crippen molar-refractivity contribution in [2.45, 2.75) is 13.5 Å². The highest BCUT2D eigenvalue weighted by Gasteiger charge is 2.25. The molecule has 160 valence electrons. The van der Waals surface area contributed by atoms with Gasteiger partial charge >= 0.3 is 0 Å². The van der Waals surface area contributed by atoms with Crippen LogP contribution in [0.2, 0.25) is 0 Å². The molecular formula is C24H24N2O4S. The number of para-hydroxylation sites is 2. The molecule has 0 atom stereocenters. The monoisotopic (exact) mass is 436 g/mol. The molecule has 7 heteroatoms. The van der Waals surface area contributed by atoms with Crippen molar-refractivity contribution in [3.05, 3.63) is 76.0 Å². The van der Waals surface area contributed by atoms with Crippen LogP contribution < -0.4 is 14.4 Å². The zero-order valence-corrected chi connectivity index (χ0v) is 18.4. The van der Waals surface area contributed by atoms with Crippen molar-refractivity contribution >= 4 is 28.8 Å². The third kappa shape index (κ3) is 4.27. The molecule has 3 aromatic rings. The lowest BCUT2D eigenvalue weighted by Gasteiger charge is -2.27. The van der Waals surface area contributed by atoms with E-state index in [0.29, 0.717) is 53.9 Å². The molecule has 0 unspecified atom stereocenters. The Morgan fingerprint density at radius 1 is 0.968 bits per heavy atom. The number of ether oxygens (including phenoxy) is 2. The van der Waals surface area contributed by atoms with Gasteiger partial charge in [-0.1, -0.05) is 30.3 Å². The van der Waals surface area contributed by atoms with Crippen LogP contribution in [0.25, 0.3) is 0 Å². The minimum Gasteiger partial charge on any atom is -0.486 e. The number of hydrogen-bond donors (Lipinski definition) is 0. The first kappa shape index (κ1) is 20.9. The summed E-state index contributed by atoms with van der Waals surface area (Å²) in [4.78, 5) is 30.3. The van der Waals surface area contributed by atoms with Crippen LogP contribution in [0.15, 0.2) is 60.0 Å². The fourth-order valence-corrected chi connectivity index (χ4v) is 4.28. The Balaban J connectivity index is 1.61. The lowest BCUT2D eigenvalue weighted by Crippen LogP contribution is -2.33. The maximum absolute atomic E-state index is 13.5. The number of nitrogens with zero attached hydrogens (tertiary/aromatic N) is 2. The Morgan fingerprint density at radius 3 is 2.55 bits per heavy atom. The van der Waals surface area contributed by atoms with Crippen LogP contribution in [-0.4, -0.2) is 43.5 Å². The minimum absolute atomic E-state index is 0.138. The third-order valence-electron chi connectivity index (χ3n) is 5.21. The average Bonchev–Trinajstić information content (AvgIpc) is 3.36. The van der Waals surface area contributed by atoms with E-state index in [9.17, 15) is 9.59 Å². The van der Waals surface area contributed by atoms with Gasteiger partial charge in [-0.15, -0.1) is 11.3 Å². The number of carbonyl (C=O) groups is 2. The van der Waals surface area contributed by atoms with Crippen molar-refractivity contribution in [1.29, 1.82) is 0 Å². The summed E-state index contributed by atoms with van der Waals surface area (Å²) in [6.07, 6.45) is 0. The van der Waals surface area contributed by atoms with Gasteiger partial charge in [0.25, 0.3) is 11.8 Å². The van der Waals surface area contributed by atoms with Crippen LogP contribution >= 0.6 is 11.3 Å². The molecule has 2 amide bonds. The van der Waals surface area contributed by atoms with Gasteiger partial charge in [-0.05, 0) is 36.6 Å². The Hall–Kier alpha value is -3.32. The van der Waals surface area contributed by atoms with Gasteiger partial charge in [0.2, 0.25) is 0 Å². The van der Waals surface area contributed by atoms with Gasteiger partial charge in [-0.25, -0.2) is 0 Å². The third-order valence-corrected chi connectivity index (χ3v) is 6.07. The maximum Gasteiger partial charge on any atom is 0.268 e. The summed E-state index contributed by atoms with van der Waals surface area (Å²) < 4.78 is 11.5. The Morgan fingerprint density at radius 2 is 1.77 bits per heavy atom. The second-order valence-electron chi connectivity index (χ2n) is 7.12. The van der Waals surface area contributed by atoms with Crippen molar-refractivity contribution < 1.29 is 19.1 Å². The van der Waals surface area contributed by atoms with Crippen molar-refractivity contribution in [2.24, 2.45) is 0 Å². The molecule has 1 aliphatic rings. The zero-order valence-electron chi connectivity index (χ0n) is 17.5. The summed E-state index contributed by atoms with van der Waals surface area (Å²) in [5.74, 6) is 1.12. The van der Waals surface area contributed by atoms with E-state index < -0.39 is 0 Å². The number of amides is 2. The fraction of sp³-hybridized carbons (Fsp3) is 0.250. The Bertz CT molecular complexity index is 1080. The van der Waals surface area contributed by atoms with Gasteiger partial charge < -0.3 is 19.3 Å². The molecule has 0 spiro atoms. The second kappa shape index (κ2) is 9.22. The molecule has 0 radical (unpaired) electrons. The predicted octanol–water partition coefficient (Wildman–Crippen LogP) is 4.46. The topological polar surface area (TPSA) is 59.1 Å². The van der Waals surface area contributed by atoms with Gasteiger partial charge in [0, 0.05) is 25.7 Å². The molecule has 31 heavy (non-hydrogen) atoms. The number of rotatable bonds is 6. The molecule has 2 aromatic carbocycles. The standard InChI is InChI=1S/C24H24N2O4S/c1-3-26(16-17-8-6-11-20-22(17)30-14-13-29-20)23(27)18-9-4-5-10-19(18)25(2)24(28)21-12-7-15-31-21/h4-12,15H,3,13-14,16H2,1-2H3. The predicted molar refractivity (Wildman–Crippen MR) is 121 cm³/mol. The van der Waals surface area contributed by atoms with E-state index in [1.54, 1.807) is 30.1 Å². The molecule has 0 aliphatic carbocycles. The molecule has 0 bridgehead atoms. The van der Waals surface area contributed by atoms with E-state index in [1.165, 1.54) is 16.2 Å². The first-order chi connectivity index (χ1) is 15.1. The van der Waals surface area contributed by atoms with Crippen molar-refractivity contribution in [3.8, 4) is 11.5 Å². The van der Waals surface area contributed by atoms with Crippen molar-refractivity contribution in [1.82, 2.24) is 4.90 Å². The van der Waals surface area contributed by atoms with Crippen LogP contribution in [-0.2, 0) is 6.54 Å². The number of fused-ring (bicyclic) bond motifs is 1. The van der Waals surface area contributed by atoms with E-state index in [2.05, 4.69) is 0 Å². The van der Waals surface area contributed by atoms with Crippen LogP contribution in [0.5, 0.6) is 11.5 Å². The van der Waals surface area contributed by atoms with Crippen molar-refractivity contribution in [2.75, 3.05) is 31.7 Å². The molecule has 0 fully saturated rings. The molecule has 4 rings (SSSR count). The number of carbonyl (C=O) groups excluding carboxylic acids is 2. The maximum atomic E-state index is 13.5. The molecule has 1 aliphatic heterocycles. The molecule has 0 saturated heterocycles. The van der Waals surface area contributed by atoms with Gasteiger partial charge in [0.15, 0.2) is 11.5 Å². The lowest BCUT2D eigenvalue weighted by atomic mass is 10.1.